The molecule has 28 heavy (non-hydrogen) atoms. The molecule has 2 N–H and O–H groups in total. The lowest BCUT2D eigenvalue weighted by Gasteiger charge is -2.08. The minimum absolute atomic E-state index is 0.0132. The second kappa shape index (κ2) is 7.92. The first-order valence-electron chi connectivity index (χ1n) is 7.95. The Balaban J connectivity index is 1.59. The first-order chi connectivity index (χ1) is 13.2. The molecule has 0 saturated carbocycles. The van der Waals surface area contributed by atoms with Gasteiger partial charge in [0.25, 0.3) is 0 Å². The van der Waals surface area contributed by atoms with E-state index in [1.54, 1.807) is 17.5 Å². The number of halogens is 4. The second-order valence-corrected chi connectivity index (χ2v) is 6.51. The van der Waals surface area contributed by atoms with Gasteiger partial charge in [-0.1, -0.05) is 12.1 Å². The first-order valence-corrected chi connectivity index (χ1v) is 8.83. The van der Waals surface area contributed by atoms with Crippen LogP contribution in [0, 0.1) is 5.82 Å². The molecule has 0 fully saturated rings. The number of fused-ring (bicyclic) bond motifs is 1. The first kappa shape index (κ1) is 19.7. The van der Waals surface area contributed by atoms with Gasteiger partial charge in [-0.15, -0.1) is 16.4 Å². The maximum Gasteiger partial charge on any atom is 0.405 e. The van der Waals surface area contributed by atoms with Crippen molar-refractivity contribution in [2.45, 2.75) is 12.6 Å². The molecule has 1 aromatic carbocycles. The van der Waals surface area contributed by atoms with E-state index in [9.17, 15) is 27.2 Å². The zero-order valence-electron chi connectivity index (χ0n) is 14.1. The van der Waals surface area contributed by atoms with Crippen molar-refractivity contribution in [1.82, 2.24) is 25.2 Å². The number of nitrogens with zero attached hydrogens (tertiary/aromatic N) is 3. The number of rotatable bonds is 5. The predicted molar refractivity (Wildman–Crippen MR) is 92.0 cm³/mol. The Morgan fingerprint density at radius 1 is 1.18 bits per heavy atom. The summed E-state index contributed by atoms with van der Waals surface area (Å²) in [5.74, 6) is -2.60. The van der Waals surface area contributed by atoms with Crippen LogP contribution in [0.3, 0.4) is 0 Å². The van der Waals surface area contributed by atoms with Gasteiger partial charge < -0.3 is 10.6 Å². The predicted octanol–water partition coefficient (Wildman–Crippen LogP) is 1.93. The van der Waals surface area contributed by atoms with Gasteiger partial charge in [-0.3, -0.25) is 9.59 Å². The molecular weight excluding hydrogens is 402 g/mol. The molecule has 0 aliphatic carbocycles. The van der Waals surface area contributed by atoms with Crippen molar-refractivity contribution in [2.24, 2.45) is 0 Å². The Morgan fingerprint density at radius 2 is 1.93 bits per heavy atom. The summed E-state index contributed by atoms with van der Waals surface area (Å²) in [7, 11) is 0. The molecule has 0 atom stereocenters. The van der Waals surface area contributed by atoms with Gasteiger partial charge in [-0.2, -0.15) is 18.2 Å². The van der Waals surface area contributed by atoms with Gasteiger partial charge in [0.1, 0.15) is 12.4 Å². The SMILES string of the molecule is O=C(NCCc1csc2nc(-c3cccc(F)c3)nn12)C(=O)NCC(F)(F)F. The quantitative estimate of drug-likeness (QED) is 0.493. The Bertz CT molecular complexity index is 1010. The largest absolute Gasteiger partial charge is 0.405 e. The van der Waals surface area contributed by atoms with E-state index in [2.05, 4.69) is 15.4 Å². The number of thiazole rings is 1. The Hall–Kier alpha value is -3.02. The third-order valence-electron chi connectivity index (χ3n) is 3.56. The molecule has 7 nitrogen and oxygen atoms in total. The molecule has 0 aliphatic rings. The van der Waals surface area contributed by atoms with Gasteiger partial charge in [0.05, 0.1) is 5.69 Å². The standard InChI is InChI=1S/C16H13F4N5O2S/c17-10-3-1-2-9(6-10)12-23-15-25(24-12)11(7-28-15)4-5-21-13(26)14(27)22-8-16(18,19)20/h1-3,6-7H,4-5,8H2,(H,21,26)(H,22,27). The lowest BCUT2D eigenvalue weighted by Crippen LogP contribution is -2.44. The molecule has 3 rings (SSSR count). The number of benzene rings is 1. The molecule has 0 unspecified atom stereocenters. The van der Waals surface area contributed by atoms with E-state index in [1.807, 2.05) is 0 Å². The average molecular weight is 415 g/mol. The number of nitrogens with one attached hydrogen (secondary N) is 2. The Labute approximate surface area is 159 Å². The zero-order chi connectivity index (χ0) is 20.3. The van der Waals surface area contributed by atoms with Crippen LogP contribution in [0.1, 0.15) is 5.69 Å². The molecule has 0 saturated heterocycles. The molecule has 2 heterocycles. The molecule has 3 aromatic rings. The van der Waals surface area contributed by atoms with Crippen molar-refractivity contribution in [1.29, 1.82) is 0 Å². The van der Waals surface area contributed by atoms with Crippen LogP contribution in [-0.4, -0.2) is 45.7 Å². The van der Waals surface area contributed by atoms with Crippen molar-refractivity contribution >= 4 is 28.1 Å². The van der Waals surface area contributed by atoms with Crippen molar-refractivity contribution in [2.75, 3.05) is 13.1 Å². The summed E-state index contributed by atoms with van der Waals surface area (Å²) in [5.41, 5.74) is 1.18. The number of hydrogen-bond donors (Lipinski definition) is 2. The van der Waals surface area contributed by atoms with Gasteiger partial charge >= 0.3 is 18.0 Å². The normalized spacial score (nSPS) is 11.6. The highest BCUT2D eigenvalue weighted by atomic mass is 32.1. The molecule has 12 heteroatoms. The van der Waals surface area contributed by atoms with Gasteiger partial charge in [0.15, 0.2) is 5.82 Å². The van der Waals surface area contributed by atoms with E-state index < -0.39 is 30.4 Å². The summed E-state index contributed by atoms with van der Waals surface area (Å²) in [6.45, 7) is -1.56. The molecule has 0 bridgehead atoms. The molecule has 2 aromatic heterocycles. The topological polar surface area (TPSA) is 88.4 Å². The van der Waals surface area contributed by atoms with Gasteiger partial charge in [-0.05, 0) is 12.1 Å². The summed E-state index contributed by atoms with van der Waals surface area (Å²) in [6.07, 6.45) is -4.32. The van der Waals surface area contributed by atoms with Crippen LogP contribution in [0.2, 0.25) is 0 Å². The Morgan fingerprint density at radius 3 is 2.64 bits per heavy atom. The highest BCUT2D eigenvalue weighted by Gasteiger charge is 2.29. The van der Waals surface area contributed by atoms with Crippen molar-refractivity contribution in [3.05, 3.63) is 41.2 Å². The van der Waals surface area contributed by atoms with Crippen LogP contribution in [0.25, 0.3) is 16.3 Å². The van der Waals surface area contributed by atoms with E-state index in [0.717, 1.165) is 0 Å². The summed E-state index contributed by atoms with van der Waals surface area (Å²) in [5, 5.41) is 9.79. The van der Waals surface area contributed by atoms with Crippen LogP contribution in [0.4, 0.5) is 17.6 Å². The van der Waals surface area contributed by atoms with Gasteiger partial charge in [0.2, 0.25) is 4.96 Å². The Kier molecular flexibility index (Phi) is 5.58. The summed E-state index contributed by atoms with van der Waals surface area (Å²) in [4.78, 5) is 27.7. The van der Waals surface area contributed by atoms with Crippen molar-refractivity contribution in [3.8, 4) is 11.4 Å². The van der Waals surface area contributed by atoms with Crippen LogP contribution < -0.4 is 10.6 Å². The number of aromatic nitrogens is 3. The van der Waals surface area contributed by atoms with Gasteiger partial charge in [0, 0.05) is 23.9 Å². The summed E-state index contributed by atoms with van der Waals surface area (Å²) < 4.78 is 51.0. The molecular formula is C16H13F4N5O2S. The fraction of sp³-hybridized carbons (Fsp3) is 0.250. The third kappa shape index (κ3) is 4.82. The lowest BCUT2D eigenvalue weighted by atomic mass is 10.2. The fourth-order valence-corrected chi connectivity index (χ4v) is 3.15. The van der Waals surface area contributed by atoms with Crippen LogP contribution in [0.5, 0.6) is 0 Å². The minimum Gasteiger partial charge on any atom is -0.347 e. The van der Waals surface area contributed by atoms with Crippen LogP contribution >= 0.6 is 11.3 Å². The maximum absolute atomic E-state index is 13.3. The van der Waals surface area contributed by atoms with Crippen molar-refractivity contribution in [3.63, 3.8) is 0 Å². The van der Waals surface area contributed by atoms with E-state index in [0.29, 0.717) is 22.0 Å². The summed E-state index contributed by atoms with van der Waals surface area (Å²) >= 11 is 1.29. The van der Waals surface area contributed by atoms with Crippen LogP contribution in [0.15, 0.2) is 29.6 Å². The van der Waals surface area contributed by atoms with E-state index in [4.69, 9.17) is 0 Å². The number of amides is 2. The molecule has 148 valence electrons. The number of hydrogen-bond acceptors (Lipinski definition) is 5. The molecule has 0 radical (unpaired) electrons. The van der Waals surface area contributed by atoms with E-state index in [1.165, 1.54) is 33.3 Å². The lowest BCUT2D eigenvalue weighted by molar-refractivity contribution is -0.146. The highest BCUT2D eigenvalue weighted by Crippen LogP contribution is 2.21. The highest BCUT2D eigenvalue weighted by molar-refractivity contribution is 7.15. The number of alkyl halides is 3. The fourth-order valence-electron chi connectivity index (χ4n) is 2.29. The molecule has 2 amide bonds. The second-order valence-electron chi connectivity index (χ2n) is 5.67. The van der Waals surface area contributed by atoms with Crippen LogP contribution in [-0.2, 0) is 16.0 Å². The van der Waals surface area contributed by atoms with Crippen molar-refractivity contribution < 1.29 is 27.2 Å². The number of carbonyl (C=O) groups is 2. The van der Waals surface area contributed by atoms with E-state index >= 15 is 0 Å². The van der Waals surface area contributed by atoms with Gasteiger partial charge in [-0.25, -0.2) is 8.91 Å². The average Bonchev–Trinajstić information content (AvgIpc) is 3.20. The number of carbonyl (C=O) groups excluding carboxylic acids is 2. The molecule has 0 aliphatic heterocycles. The maximum atomic E-state index is 13.3. The van der Waals surface area contributed by atoms with E-state index in [-0.39, 0.29) is 13.0 Å². The molecule has 0 spiro atoms. The zero-order valence-corrected chi connectivity index (χ0v) is 14.9. The smallest absolute Gasteiger partial charge is 0.347 e. The monoisotopic (exact) mass is 415 g/mol. The minimum atomic E-state index is -4.59. The third-order valence-corrected chi connectivity index (χ3v) is 4.42. The summed E-state index contributed by atoms with van der Waals surface area (Å²) in [6, 6.07) is 5.82.